The Morgan fingerprint density at radius 1 is 1.26 bits per heavy atom. The highest BCUT2D eigenvalue weighted by Crippen LogP contribution is 2.23. The number of fused-ring (bicyclic) bond motifs is 1. The number of rotatable bonds is 3. The molecule has 0 amide bonds. The maximum Gasteiger partial charge on any atom is 0.191 e. The van der Waals surface area contributed by atoms with Gasteiger partial charge in [-0.1, -0.05) is 13.0 Å². The molecule has 2 aromatic rings. The van der Waals surface area contributed by atoms with E-state index >= 15 is 0 Å². The Balaban J connectivity index is 0.00000192. The first kappa shape index (κ1) is 18.0. The molecule has 23 heavy (non-hydrogen) atoms. The van der Waals surface area contributed by atoms with Gasteiger partial charge in [-0.05, 0) is 43.7 Å². The van der Waals surface area contributed by atoms with Crippen molar-refractivity contribution in [3.8, 4) is 0 Å². The lowest BCUT2D eigenvalue weighted by atomic mass is 9.87. The van der Waals surface area contributed by atoms with Crippen molar-refractivity contribution in [2.45, 2.75) is 45.2 Å². The monoisotopic (exact) mass is 428 g/mol. The molecule has 0 aromatic carbocycles. The summed E-state index contributed by atoms with van der Waals surface area (Å²) in [5, 5.41) is 15.2. The van der Waals surface area contributed by atoms with E-state index in [0.717, 1.165) is 23.3 Å². The normalized spacial score (nSPS) is 21.7. The topological polar surface area (TPSA) is 66.6 Å². The van der Waals surface area contributed by atoms with E-state index in [1.165, 1.54) is 25.7 Å². The second-order valence-corrected chi connectivity index (χ2v) is 6.07. The fourth-order valence-corrected chi connectivity index (χ4v) is 2.97. The quantitative estimate of drug-likeness (QED) is 0.448. The summed E-state index contributed by atoms with van der Waals surface area (Å²) in [6, 6.07) is 6.42. The first-order valence-corrected chi connectivity index (χ1v) is 8.02. The number of halogens is 1. The van der Waals surface area contributed by atoms with Crippen LogP contribution in [0.25, 0.3) is 5.65 Å². The number of hydrogen-bond acceptors (Lipinski definition) is 3. The highest BCUT2D eigenvalue weighted by atomic mass is 127. The van der Waals surface area contributed by atoms with Gasteiger partial charge < -0.3 is 10.6 Å². The van der Waals surface area contributed by atoms with Crippen molar-refractivity contribution < 1.29 is 0 Å². The molecular weight excluding hydrogens is 403 g/mol. The van der Waals surface area contributed by atoms with Gasteiger partial charge in [0.1, 0.15) is 0 Å². The minimum Gasteiger partial charge on any atom is -0.354 e. The molecule has 3 rings (SSSR count). The number of aliphatic imine (C=N–C) groups is 1. The lowest BCUT2D eigenvalue weighted by Gasteiger charge is -2.28. The number of guanidine groups is 1. The third-order valence-corrected chi connectivity index (χ3v) is 4.38. The van der Waals surface area contributed by atoms with Crippen LogP contribution in [0.15, 0.2) is 29.4 Å². The van der Waals surface area contributed by atoms with Gasteiger partial charge in [0.2, 0.25) is 0 Å². The van der Waals surface area contributed by atoms with Crippen molar-refractivity contribution in [1.29, 1.82) is 0 Å². The summed E-state index contributed by atoms with van der Waals surface area (Å²) in [7, 11) is 1.81. The van der Waals surface area contributed by atoms with Crippen molar-refractivity contribution in [1.82, 2.24) is 25.2 Å². The summed E-state index contributed by atoms with van der Waals surface area (Å²) < 4.78 is 1.99. The van der Waals surface area contributed by atoms with Crippen molar-refractivity contribution in [3.05, 3.63) is 30.2 Å². The predicted octanol–water partition coefficient (Wildman–Crippen LogP) is 2.59. The molecule has 0 radical (unpaired) electrons. The lowest BCUT2D eigenvalue weighted by molar-refractivity contribution is 0.329. The van der Waals surface area contributed by atoms with E-state index in [9.17, 15) is 0 Å². The molecule has 126 valence electrons. The number of nitrogens with zero attached hydrogens (tertiary/aromatic N) is 4. The van der Waals surface area contributed by atoms with Gasteiger partial charge in [0.15, 0.2) is 17.4 Å². The first-order chi connectivity index (χ1) is 10.8. The standard InChI is InChI=1S/C16H24N6.HI/c1-12-6-8-13(9-7-12)19-16(17-2)18-11-15-21-20-14-5-3-4-10-22(14)15;/h3-5,10,12-13H,6-9,11H2,1-2H3,(H2,17,18,19);1H. The maximum absolute atomic E-state index is 4.32. The van der Waals surface area contributed by atoms with Gasteiger partial charge in [-0.2, -0.15) is 0 Å². The zero-order valence-electron chi connectivity index (χ0n) is 13.7. The smallest absolute Gasteiger partial charge is 0.191 e. The van der Waals surface area contributed by atoms with Gasteiger partial charge in [-0.25, -0.2) is 0 Å². The van der Waals surface area contributed by atoms with E-state index < -0.39 is 0 Å². The Bertz CT molecular complexity index is 645. The molecule has 0 spiro atoms. The lowest BCUT2D eigenvalue weighted by Crippen LogP contribution is -2.44. The summed E-state index contributed by atoms with van der Waals surface area (Å²) in [6.45, 7) is 2.94. The molecule has 1 aliphatic carbocycles. The van der Waals surface area contributed by atoms with Crippen LogP contribution in [0, 0.1) is 5.92 Å². The third kappa shape index (κ3) is 4.55. The Hall–Kier alpha value is -1.38. The number of aromatic nitrogens is 3. The van der Waals surface area contributed by atoms with E-state index in [0.29, 0.717) is 12.6 Å². The van der Waals surface area contributed by atoms with Gasteiger partial charge in [-0.3, -0.25) is 9.39 Å². The van der Waals surface area contributed by atoms with Crippen molar-refractivity contribution >= 4 is 35.6 Å². The molecule has 0 unspecified atom stereocenters. The van der Waals surface area contributed by atoms with Gasteiger partial charge in [-0.15, -0.1) is 34.2 Å². The molecule has 2 aromatic heterocycles. The van der Waals surface area contributed by atoms with Crippen molar-refractivity contribution in [3.63, 3.8) is 0 Å². The second kappa shape index (κ2) is 8.47. The Morgan fingerprint density at radius 2 is 2.04 bits per heavy atom. The molecule has 0 aliphatic heterocycles. The first-order valence-electron chi connectivity index (χ1n) is 8.02. The van der Waals surface area contributed by atoms with Crippen molar-refractivity contribution in [2.24, 2.45) is 10.9 Å². The summed E-state index contributed by atoms with van der Waals surface area (Å²) >= 11 is 0. The van der Waals surface area contributed by atoms with E-state index in [1.54, 1.807) is 0 Å². The molecule has 6 nitrogen and oxygen atoms in total. The minimum atomic E-state index is 0. The zero-order chi connectivity index (χ0) is 15.4. The summed E-state index contributed by atoms with van der Waals surface area (Å²) in [5.74, 6) is 2.58. The summed E-state index contributed by atoms with van der Waals surface area (Å²) in [5.41, 5.74) is 0.864. The molecule has 0 bridgehead atoms. The van der Waals surface area contributed by atoms with Crippen LogP contribution in [0.3, 0.4) is 0 Å². The van der Waals surface area contributed by atoms with Crippen LogP contribution in [0.5, 0.6) is 0 Å². The van der Waals surface area contributed by atoms with Crippen molar-refractivity contribution in [2.75, 3.05) is 7.05 Å². The molecule has 1 saturated carbocycles. The molecule has 2 heterocycles. The van der Waals surface area contributed by atoms with Gasteiger partial charge >= 0.3 is 0 Å². The van der Waals surface area contributed by atoms with E-state index in [2.05, 4.69) is 32.7 Å². The summed E-state index contributed by atoms with van der Waals surface area (Å²) in [6.07, 6.45) is 7.00. The predicted molar refractivity (Wildman–Crippen MR) is 103 cm³/mol. The third-order valence-electron chi connectivity index (χ3n) is 4.38. The Kier molecular flexibility index (Phi) is 6.61. The maximum atomic E-state index is 4.32. The fraction of sp³-hybridized carbons (Fsp3) is 0.562. The zero-order valence-corrected chi connectivity index (χ0v) is 16.0. The van der Waals surface area contributed by atoms with E-state index in [-0.39, 0.29) is 24.0 Å². The molecule has 1 fully saturated rings. The number of nitrogens with one attached hydrogen (secondary N) is 2. The molecule has 0 atom stereocenters. The number of pyridine rings is 1. The average molecular weight is 428 g/mol. The van der Waals surface area contributed by atoms with Gasteiger partial charge in [0.05, 0.1) is 6.54 Å². The number of hydrogen-bond donors (Lipinski definition) is 2. The van der Waals surface area contributed by atoms with Crippen LogP contribution in [0.2, 0.25) is 0 Å². The van der Waals surface area contributed by atoms with E-state index in [1.807, 2.05) is 35.8 Å². The van der Waals surface area contributed by atoms with Gasteiger partial charge in [0.25, 0.3) is 0 Å². The molecule has 7 heteroatoms. The average Bonchev–Trinajstić information content (AvgIpc) is 2.96. The van der Waals surface area contributed by atoms with Crippen LogP contribution >= 0.6 is 24.0 Å². The van der Waals surface area contributed by atoms with Crippen LogP contribution < -0.4 is 10.6 Å². The fourth-order valence-electron chi connectivity index (χ4n) is 2.97. The van der Waals surface area contributed by atoms with Gasteiger partial charge in [0, 0.05) is 19.3 Å². The largest absolute Gasteiger partial charge is 0.354 e. The van der Waals surface area contributed by atoms with E-state index in [4.69, 9.17) is 0 Å². The minimum absolute atomic E-state index is 0. The molecule has 1 aliphatic rings. The second-order valence-electron chi connectivity index (χ2n) is 6.07. The molecule has 2 N–H and O–H groups in total. The highest BCUT2D eigenvalue weighted by molar-refractivity contribution is 14.0. The summed E-state index contributed by atoms with van der Waals surface area (Å²) in [4.78, 5) is 4.32. The SMILES string of the molecule is CN=C(NCc1nnc2ccccn12)NC1CCC(C)CC1.I. The van der Waals surface area contributed by atoms with Crippen LogP contribution in [0.1, 0.15) is 38.4 Å². The van der Waals surface area contributed by atoms with Crippen LogP contribution in [-0.2, 0) is 6.54 Å². The highest BCUT2D eigenvalue weighted by Gasteiger charge is 2.19. The Morgan fingerprint density at radius 3 is 2.78 bits per heavy atom. The van der Waals surface area contributed by atoms with Crippen LogP contribution in [-0.4, -0.2) is 33.6 Å². The van der Waals surface area contributed by atoms with Crippen LogP contribution in [0.4, 0.5) is 0 Å². The Labute approximate surface area is 154 Å². The molecule has 0 saturated heterocycles. The molecular formula is C16H25IN6.